The average molecular weight is 287 g/mol. The summed E-state index contributed by atoms with van der Waals surface area (Å²) in [4.78, 5) is 10.8. The van der Waals surface area contributed by atoms with Gasteiger partial charge in [-0.05, 0) is 24.6 Å². The topological polar surface area (TPSA) is 83.9 Å². The standard InChI is InChI=1S/C12H17NO5S/c1-9(12(14)15)18-8-10-5-4-6-11(7-10)19(16,17)13(2)3/h4-7,9H,8H2,1-3H3,(H,14,15)/t9-/m0/s1. The van der Waals surface area contributed by atoms with E-state index in [4.69, 9.17) is 9.84 Å². The van der Waals surface area contributed by atoms with E-state index in [0.717, 1.165) is 4.31 Å². The van der Waals surface area contributed by atoms with Gasteiger partial charge in [-0.3, -0.25) is 0 Å². The van der Waals surface area contributed by atoms with Gasteiger partial charge in [0.2, 0.25) is 10.0 Å². The van der Waals surface area contributed by atoms with Gasteiger partial charge in [0.15, 0.2) is 6.10 Å². The normalized spacial score (nSPS) is 13.5. The van der Waals surface area contributed by atoms with Crippen LogP contribution < -0.4 is 0 Å². The third-order valence-corrected chi connectivity index (χ3v) is 4.34. The molecule has 106 valence electrons. The summed E-state index contributed by atoms with van der Waals surface area (Å²) < 4.78 is 30.1. The van der Waals surface area contributed by atoms with Crippen molar-refractivity contribution >= 4 is 16.0 Å². The molecule has 0 saturated heterocycles. The third-order valence-electron chi connectivity index (χ3n) is 2.52. The fraction of sp³-hybridized carbons (Fsp3) is 0.417. The summed E-state index contributed by atoms with van der Waals surface area (Å²) >= 11 is 0. The predicted octanol–water partition coefficient (Wildman–Crippen LogP) is 0.927. The van der Waals surface area contributed by atoms with Crippen LogP contribution in [-0.2, 0) is 26.2 Å². The van der Waals surface area contributed by atoms with E-state index in [1.807, 2.05) is 0 Å². The minimum atomic E-state index is -3.49. The number of aliphatic carboxylic acids is 1. The highest BCUT2D eigenvalue weighted by molar-refractivity contribution is 7.89. The third kappa shape index (κ3) is 4.02. The lowest BCUT2D eigenvalue weighted by Gasteiger charge is -2.13. The smallest absolute Gasteiger partial charge is 0.332 e. The van der Waals surface area contributed by atoms with Gasteiger partial charge in [0.25, 0.3) is 0 Å². The monoisotopic (exact) mass is 287 g/mol. The molecule has 19 heavy (non-hydrogen) atoms. The van der Waals surface area contributed by atoms with Crippen LogP contribution in [0.2, 0.25) is 0 Å². The fourth-order valence-corrected chi connectivity index (χ4v) is 2.27. The fourth-order valence-electron chi connectivity index (χ4n) is 1.30. The highest BCUT2D eigenvalue weighted by Crippen LogP contribution is 2.15. The van der Waals surface area contributed by atoms with Crippen LogP contribution in [0.15, 0.2) is 29.2 Å². The van der Waals surface area contributed by atoms with Crippen LogP contribution in [0.3, 0.4) is 0 Å². The molecule has 0 bridgehead atoms. The van der Waals surface area contributed by atoms with Gasteiger partial charge in [-0.15, -0.1) is 0 Å². The number of carboxylic acids is 1. The Bertz CT molecular complexity index is 553. The van der Waals surface area contributed by atoms with Crippen molar-refractivity contribution in [3.05, 3.63) is 29.8 Å². The summed E-state index contributed by atoms with van der Waals surface area (Å²) in [7, 11) is -0.594. The number of rotatable bonds is 6. The molecule has 0 heterocycles. The van der Waals surface area contributed by atoms with Crippen molar-refractivity contribution in [3.8, 4) is 0 Å². The van der Waals surface area contributed by atoms with Crippen molar-refractivity contribution < 1.29 is 23.1 Å². The lowest BCUT2D eigenvalue weighted by Crippen LogP contribution is -2.22. The molecular weight excluding hydrogens is 270 g/mol. The van der Waals surface area contributed by atoms with Crippen LogP contribution in [0.5, 0.6) is 0 Å². The zero-order chi connectivity index (χ0) is 14.6. The summed E-state index contributed by atoms with van der Waals surface area (Å²) in [6.45, 7) is 1.47. The molecule has 1 aromatic rings. The molecule has 1 atom stereocenters. The number of carbonyl (C=O) groups is 1. The lowest BCUT2D eigenvalue weighted by atomic mass is 10.2. The predicted molar refractivity (Wildman–Crippen MR) is 69.2 cm³/mol. The Kier molecular flexibility index (Phi) is 5.04. The van der Waals surface area contributed by atoms with Crippen LogP contribution in [0.4, 0.5) is 0 Å². The maximum atomic E-state index is 11.9. The summed E-state index contributed by atoms with van der Waals surface area (Å²) in [5.74, 6) is -1.06. The van der Waals surface area contributed by atoms with Gasteiger partial charge < -0.3 is 9.84 Å². The van der Waals surface area contributed by atoms with Crippen molar-refractivity contribution in [1.82, 2.24) is 4.31 Å². The Hall–Kier alpha value is -1.44. The van der Waals surface area contributed by atoms with Crippen LogP contribution in [-0.4, -0.2) is 44.0 Å². The van der Waals surface area contributed by atoms with Gasteiger partial charge in [-0.1, -0.05) is 12.1 Å². The van der Waals surface area contributed by atoms with Gasteiger partial charge in [0.1, 0.15) is 0 Å². The summed E-state index contributed by atoms with van der Waals surface area (Å²) in [6.07, 6.45) is -0.936. The van der Waals surface area contributed by atoms with Crippen molar-refractivity contribution in [1.29, 1.82) is 0 Å². The molecule has 7 heteroatoms. The molecule has 6 nitrogen and oxygen atoms in total. The van der Waals surface area contributed by atoms with Crippen LogP contribution in [0.1, 0.15) is 12.5 Å². The van der Waals surface area contributed by atoms with Gasteiger partial charge in [0.05, 0.1) is 11.5 Å². The van der Waals surface area contributed by atoms with Gasteiger partial charge in [-0.25, -0.2) is 17.5 Å². The Labute approximate surface area is 112 Å². The van der Waals surface area contributed by atoms with E-state index in [2.05, 4.69) is 0 Å². The number of ether oxygens (including phenoxy) is 1. The van der Waals surface area contributed by atoms with E-state index in [1.54, 1.807) is 12.1 Å². The summed E-state index contributed by atoms with van der Waals surface area (Å²) in [5, 5.41) is 8.69. The molecule has 0 unspecified atom stereocenters. The molecule has 0 aliphatic rings. The molecule has 0 aromatic heterocycles. The summed E-state index contributed by atoms with van der Waals surface area (Å²) in [5.41, 5.74) is 0.607. The van der Waals surface area contributed by atoms with Crippen LogP contribution in [0, 0.1) is 0 Å². The first-order valence-corrected chi connectivity index (χ1v) is 7.05. The maximum Gasteiger partial charge on any atom is 0.332 e. The number of hydrogen-bond donors (Lipinski definition) is 1. The second-order valence-electron chi connectivity index (χ2n) is 4.23. The van der Waals surface area contributed by atoms with Crippen molar-refractivity contribution in [2.45, 2.75) is 24.5 Å². The van der Waals surface area contributed by atoms with E-state index in [0.29, 0.717) is 5.56 Å². The lowest BCUT2D eigenvalue weighted by molar-refractivity contribution is -0.149. The number of nitrogens with zero attached hydrogens (tertiary/aromatic N) is 1. The minimum Gasteiger partial charge on any atom is -0.479 e. The molecular formula is C12H17NO5S. The Morgan fingerprint density at radius 3 is 2.58 bits per heavy atom. The first kappa shape index (κ1) is 15.6. The molecule has 1 aromatic carbocycles. The maximum absolute atomic E-state index is 11.9. The molecule has 0 spiro atoms. The van der Waals surface area contributed by atoms with Gasteiger partial charge in [-0.2, -0.15) is 0 Å². The number of hydrogen-bond acceptors (Lipinski definition) is 4. The average Bonchev–Trinajstić information content (AvgIpc) is 2.35. The van der Waals surface area contributed by atoms with E-state index < -0.39 is 22.1 Å². The molecule has 0 radical (unpaired) electrons. The Morgan fingerprint density at radius 1 is 1.42 bits per heavy atom. The first-order chi connectivity index (χ1) is 8.75. The second-order valence-corrected chi connectivity index (χ2v) is 6.38. The zero-order valence-electron chi connectivity index (χ0n) is 11.0. The number of benzene rings is 1. The van der Waals surface area contributed by atoms with E-state index in [-0.39, 0.29) is 11.5 Å². The molecule has 0 aliphatic carbocycles. The highest BCUT2D eigenvalue weighted by Gasteiger charge is 2.17. The van der Waals surface area contributed by atoms with E-state index in [1.165, 1.54) is 33.2 Å². The van der Waals surface area contributed by atoms with Crippen molar-refractivity contribution in [3.63, 3.8) is 0 Å². The van der Waals surface area contributed by atoms with Crippen molar-refractivity contribution in [2.24, 2.45) is 0 Å². The molecule has 0 saturated carbocycles. The van der Waals surface area contributed by atoms with Crippen LogP contribution >= 0.6 is 0 Å². The molecule has 0 amide bonds. The molecule has 1 rings (SSSR count). The quantitative estimate of drug-likeness (QED) is 0.841. The highest BCUT2D eigenvalue weighted by atomic mass is 32.2. The largest absolute Gasteiger partial charge is 0.479 e. The van der Waals surface area contributed by atoms with Gasteiger partial charge >= 0.3 is 5.97 Å². The molecule has 1 N–H and O–H groups in total. The number of sulfonamides is 1. The van der Waals surface area contributed by atoms with Crippen LogP contribution in [0.25, 0.3) is 0 Å². The molecule has 0 fully saturated rings. The Morgan fingerprint density at radius 2 is 2.05 bits per heavy atom. The van der Waals surface area contributed by atoms with Crippen molar-refractivity contribution in [2.75, 3.05) is 14.1 Å². The number of carboxylic acid groups (broad SMARTS) is 1. The van der Waals surface area contributed by atoms with E-state index in [9.17, 15) is 13.2 Å². The van der Waals surface area contributed by atoms with E-state index >= 15 is 0 Å². The first-order valence-electron chi connectivity index (χ1n) is 5.61. The summed E-state index contributed by atoms with van der Waals surface area (Å²) in [6, 6.07) is 6.24. The second kappa shape index (κ2) is 6.14. The SMILES string of the molecule is C[C@H](OCc1cccc(S(=O)(=O)N(C)C)c1)C(=O)O. The Balaban J connectivity index is 2.87. The zero-order valence-corrected chi connectivity index (χ0v) is 11.8. The minimum absolute atomic E-state index is 0.0459. The van der Waals surface area contributed by atoms with Gasteiger partial charge in [0, 0.05) is 14.1 Å². The molecule has 0 aliphatic heterocycles.